The van der Waals surface area contributed by atoms with Crippen molar-refractivity contribution in [2.75, 3.05) is 6.54 Å². The molecule has 0 aliphatic carbocycles. The van der Waals surface area contributed by atoms with Gasteiger partial charge in [-0.3, -0.25) is 19.8 Å². The van der Waals surface area contributed by atoms with Gasteiger partial charge >= 0.3 is 0 Å². The Labute approximate surface area is 159 Å². The van der Waals surface area contributed by atoms with Crippen LogP contribution in [-0.4, -0.2) is 28.3 Å². The van der Waals surface area contributed by atoms with Gasteiger partial charge in [-0.15, -0.1) is 0 Å². The first-order valence-corrected chi connectivity index (χ1v) is 9.38. The Morgan fingerprint density at radius 1 is 1.19 bits per heavy atom. The maximum atomic E-state index is 12.4. The molecule has 1 aliphatic rings. The van der Waals surface area contributed by atoms with E-state index in [0.29, 0.717) is 18.2 Å². The Morgan fingerprint density at radius 2 is 1.96 bits per heavy atom. The Balaban J connectivity index is 1.66. The van der Waals surface area contributed by atoms with Crippen molar-refractivity contribution in [3.63, 3.8) is 0 Å². The Bertz CT molecular complexity index is 822. The summed E-state index contributed by atoms with van der Waals surface area (Å²) < 4.78 is 0. The standard InChI is InChI=1S/C21H25N3O3/c1-16-7-4-5-12-23(16)15-19-9-3-2-8-18(19)14-22-21(25)17-10-6-11-20(13-17)24(26)27/h2-3,6,8-11,13,16H,4-5,7,12,14-15H2,1H3,(H,22,25). The summed E-state index contributed by atoms with van der Waals surface area (Å²) in [5.41, 5.74) is 2.51. The molecule has 27 heavy (non-hydrogen) atoms. The van der Waals surface area contributed by atoms with Crippen LogP contribution in [0, 0.1) is 10.1 Å². The van der Waals surface area contributed by atoms with E-state index in [-0.39, 0.29) is 11.6 Å². The summed E-state index contributed by atoms with van der Waals surface area (Å²) in [5, 5.41) is 13.8. The van der Waals surface area contributed by atoms with Crippen LogP contribution >= 0.6 is 0 Å². The minimum Gasteiger partial charge on any atom is -0.348 e. The number of rotatable bonds is 6. The van der Waals surface area contributed by atoms with Crippen LogP contribution < -0.4 is 5.32 Å². The van der Waals surface area contributed by atoms with E-state index in [0.717, 1.165) is 18.7 Å². The quantitative estimate of drug-likeness (QED) is 0.621. The number of nitro groups is 1. The summed E-state index contributed by atoms with van der Waals surface area (Å²) in [4.78, 5) is 25.3. The first-order chi connectivity index (χ1) is 13.0. The van der Waals surface area contributed by atoms with Crippen molar-refractivity contribution in [2.45, 2.75) is 45.3 Å². The van der Waals surface area contributed by atoms with Crippen molar-refractivity contribution in [3.05, 3.63) is 75.3 Å². The van der Waals surface area contributed by atoms with Gasteiger partial charge in [0.15, 0.2) is 0 Å². The molecule has 1 fully saturated rings. The topological polar surface area (TPSA) is 75.5 Å². The second kappa shape index (κ2) is 8.77. The number of benzene rings is 2. The highest BCUT2D eigenvalue weighted by molar-refractivity contribution is 5.94. The lowest BCUT2D eigenvalue weighted by Crippen LogP contribution is -2.37. The van der Waals surface area contributed by atoms with Crippen molar-refractivity contribution in [1.29, 1.82) is 0 Å². The van der Waals surface area contributed by atoms with Crippen molar-refractivity contribution in [3.8, 4) is 0 Å². The smallest absolute Gasteiger partial charge is 0.270 e. The molecule has 3 rings (SSSR count). The number of carbonyl (C=O) groups is 1. The van der Waals surface area contributed by atoms with Gasteiger partial charge in [-0.05, 0) is 43.5 Å². The van der Waals surface area contributed by atoms with Crippen molar-refractivity contribution >= 4 is 11.6 Å². The van der Waals surface area contributed by atoms with Crippen molar-refractivity contribution < 1.29 is 9.72 Å². The molecular weight excluding hydrogens is 342 g/mol. The molecule has 6 nitrogen and oxygen atoms in total. The Kier molecular flexibility index (Phi) is 6.19. The zero-order valence-electron chi connectivity index (χ0n) is 15.6. The molecule has 1 aliphatic heterocycles. The van der Waals surface area contributed by atoms with E-state index < -0.39 is 4.92 Å². The minimum atomic E-state index is -0.494. The molecule has 2 aromatic carbocycles. The van der Waals surface area contributed by atoms with Crippen molar-refractivity contribution in [1.82, 2.24) is 10.2 Å². The van der Waals surface area contributed by atoms with E-state index >= 15 is 0 Å². The van der Waals surface area contributed by atoms with Gasteiger partial charge in [-0.25, -0.2) is 0 Å². The average Bonchev–Trinajstić information content (AvgIpc) is 2.69. The van der Waals surface area contributed by atoms with E-state index in [1.54, 1.807) is 6.07 Å². The number of likely N-dealkylation sites (tertiary alicyclic amines) is 1. The van der Waals surface area contributed by atoms with Gasteiger partial charge in [-0.1, -0.05) is 36.8 Å². The fourth-order valence-corrected chi connectivity index (χ4v) is 3.53. The molecule has 1 saturated heterocycles. The number of nitro benzene ring substituents is 1. The highest BCUT2D eigenvalue weighted by Gasteiger charge is 2.19. The summed E-state index contributed by atoms with van der Waals surface area (Å²) in [6, 6.07) is 14.5. The van der Waals surface area contributed by atoms with E-state index in [4.69, 9.17) is 0 Å². The molecule has 6 heteroatoms. The number of nitrogens with one attached hydrogen (secondary N) is 1. The van der Waals surface area contributed by atoms with Gasteiger partial charge in [0.05, 0.1) is 4.92 Å². The summed E-state index contributed by atoms with van der Waals surface area (Å²) in [6.07, 6.45) is 3.75. The molecule has 1 heterocycles. The first kappa shape index (κ1) is 19.0. The van der Waals surface area contributed by atoms with Crippen LogP contribution in [0.1, 0.15) is 47.7 Å². The third kappa shape index (κ3) is 4.92. The van der Waals surface area contributed by atoms with Gasteiger partial charge in [0.1, 0.15) is 0 Å². The number of hydrogen-bond acceptors (Lipinski definition) is 4. The second-order valence-corrected chi connectivity index (χ2v) is 7.07. The summed E-state index contributed by atoms with van der Waals surface area (Å²) in [7, 11) is 0. The SMILES string of the molecule is CC1CCCCN1Cc1ccccc1CNC(=O)c1cccc([N+](=O)[O-])c1. The predicted molar refractivity (Wildman–Crippen MR) is 104 cm³/mol. The van der Waals surface area contributed by atoms with E-state index in [1.165, 1.54) is 43.0 Å². The highest BCUT2D eigenvalue weighted by Crippen LogP contribution is 2.21. The number of non-ortho nitro benzene ring substituents is 1. The fraction of sp³-hybridized carbons (Fsp3) is 0.381. The largest absolute Gasteiger partial charge is 0.348 e. The maximum absolute atomic E-state index is 12.4. The number of nitrogens with zero attached hydrogens (tertiary/aromatic N) is 2. The Morgan fingerprint density at radius 3 is 2.70 bits per heavy atom. The van der Waals surface area contributed by atoms with Gasteiger partial charge in [0.2, 0.25) is 0 Å². The molecule has 2 aromatic rings. The van der Waals surface area contributed by atoms with Crippen LogP contribution in [0.15, 0.2) is 48.5 Å². The molecule has 1 unspecified atom stereocenters. The van der Waals surface area contributed by atoms with E-state index in [2.05, 4.69) is 23.2 Å². The molecule has 0 radical (unpaired) electrons. The molecule has 1 N–H and O–H groups in total. The molecule has 1 atom stereocenters. The first-order valence-electron chi connectivity index (χ1n) is 9.38. The molecular formula is C21H25N3O3. The van der Waals surface area contributed by atoms with Crippen LogP contribution in [0.5, 0.6) is 0 Å². The maximum Gasteiger partial charge on any atom is 0.270 e. The summed E-state index contributed by atoms with van der Waals surface area (Å²) in [6.45, 7) is 4.66. The van der Waals surface area contributed by atoms with E-state index in [1.807, 2.05) is 18.2 Å². The summed E-state index contributed by atoms with van der Waals surface area (Å²) in [5.74, 6) is -0.306. The van der Waals surface area contributed by atoms with E-state index in [9.17, 15) is 14.9 Å². The van der Waals surface area contributed by atoms with Gasteiger partial charge < -0.3 is 5.32 Å². The average molecular weight is 367 g/mol. The zero-order chi connectivity index (χ0) is 19.2. The molecule has 142 valence electrons. The predicted octanol–water partition coefficient (Wildman–Crippen LogP) is 3.90. The number of carbonyl (C=O) groups excluding carboxylic acids is 1. The van der Waals surface area contributed by atoms with Crippen LogP contribution in [0.25, 0.3) is 0 Å². The number of hydrogen-bond donors (Lipinski definition) is 1. The van der Waals surface area contributed by atoms with Gasteiger partial charge in [-0.2, -0.15) is 0 Å². The molecule has 0 saturated carbocycles. The van der Waals surface area contributed by atoms with Crippen LogP contribution in [-0.2, 0) is 13.1 Å². The lowest BCUT2D eigenvalue weighted by Gasteiger charge is -2.33. The third-order valence-corrected chi connectivity index (χ3v) is 5.19. The van der Waals surface area contributed by atoms with Gasteiger partial charge in [0.25, 0.3) is 11.6 Å². The molecule has 0 aromatic heterocycles. The minimum absolute atomic E-state index is 0.0814. The normalized spacial score (nSPS) is 17.4. The number of amides is 1. The summed E-state index contributed by atoms with van der Waals surface area (Å²) >= 11 is 0. The third-order valence-electron chi connectivity index (χ3n) is 5.19. The molecule has 0 bridgehead atoms. The van der Waals surface area contributed by atoms with Crippen molar-refractivity contribution in [2.24, 2.45) is 0 Å². The number of piperidine rings is 1. The van der Waals surface area contributed by atoms with Crippen LogP contribution in [0.4, 0.5) is 5.69 Å². The van der Waals surface area contributed by atoms with Crippen LogP contribution in [0.3, 0.4) is 0 Å². The highest BCUT2D eigenvalue weighted by atomic mass is 16.6. The molecule has 1 amide bonds. The second-order valence-electron chi connectivity index (χ2n) is 7.07. The lowest BCUT2D eigenvalue weighted by atomic mass is 10.0. The lowest BCUT2D eigenvalue weighted by molar-refractivity contribution is -0.384. The Hall–Kier alpha value is -2.73. The van der Waals surface area contributed by atoms with Crippen LogP contribution in [0.2, 0.25) is 0 Å². The molecule has 0 spiro atoms. The zero-order valence-corrected chi connectivity index (χ0v) is 15.6. The van der Waals surface area contributed by atoms with Gasteiger partial charge in [0, 0.05) is 36.8 Å². The monoisotopic (exact) mass is 367 g/mol. The fourth-order valence-electron chi connectivity index (χ4n) is 3.53.